The van der Waals surface area contributed by atoms with Crippen LogP contribution in [0.15, 0.2) is 12.2 Å². The summed E-state index contributed by atoms with van der Waals surface area (Å²) >= 11 is 1.48. The lowest BCUT2D eigenvalue weighted by atomic mass is 10.2. The average molecular weight is 378 g/mol. The molecule has 2 unspecified atom stereocenters. The van der Waals surface area contributed by atoms with Gasteiger partial charge in [0.1, 0.15) is 15.8 Å². The van der Waals surface area contributed by atoms with Crippen LogP contribution in [0.5, 0.6) is 0 Å². The van der Waals surface area contributed by atoms with Gasteiger partial charge in [-0.2, -0.15) is 8.42 Å². The first-order valence-electron chi connectivity index (χ1n) is 4.26. The molecular weight excluding hydrogens is 367 g/mol. The normalized spacial score (nSPS) is 14.8. The molecule has 0 bridgehead atoms. The molecule has 0 fully saturated rings. The number of esters is 1. The predicted octanol–water partition coefficient (Wildman–Crippen LogP) is 0.250. The Kier molecular flexibility index (Phi) is 6.05. The van der Waals surface area contributed by atoms with Crippen LogP contribution < -0.4 is 0 Å². The fourth-order valence-corrected chi connectivity index (χ4v) is 1.12. The van der Waals surface area contributed by atoms with Crippen LogP contribution in [0.4, 0.5) is 0 Å². The molecule has 7 nitrogen and oxygen atoms in total. The molecule has 17 heavy (non-hydrogen) atoms. The lowest BCUT2D eigenvalue weighted by molar-refractivity contribution is -0.142. The van der Waals surface area contributed by atoms with Gasteiger partial charge in [-0.1, -0.05) is 29.2 Å². The first-order valence-corrected chi connectivity index (χ1v) is 7.01. The highest BCUT2D eigenvalue weighted by molar-refractivity contribution is 14.1. The lowest BCUT2D eigenvalue weighted by Crippen LogP contribution is -2.27. The fourth-order valence-electron chi connectivity index (χ4n) is 0.624. The molecule has 0 rings (SSSR count). The zero-order chi connectivity index (χ0) is 13.8. The Balaban J connectivity index is 4.39. The molecule has 2 N–H and O–H groups in total. The Labute approximate surface area is 112 Å². The molecule has 0 spiro atoms. The van der Waals surface area contributed by atoms with Crippen molar-refractivity contribution >= 4 is 44.6 Å². The smallest absolute Gasteiger partial charge is 0.335 e. The maximum atomic E-state index is 11.3. The minimum atomic E-state index is -4.29. The third kappa shape index (κ3) is 5.46. The summed E-state index contributed by atoms with van der Waals surface area (Å²) in [5.41, 5.74) is -0.305. The molecule has 98 valence electrons. The zero-order valence-corrected chi connectivity index (χ0v) is 11.8. The van der Waals surface area contributed by atoms with E-state index in [1.54, 1.807) is 0 Å². The molecule has 0 aromatic rings. The van der Waals surface area contributed by atoms with E-state index in [1.165, 1.54) is 22.6 Å². The van der Waals surface area contributed by atoms with Crippen molar-refractivity contribution in [2.75, 3.05) is 6.61 Å². The van der Waals surface area contributed by atoms with Gasteiger partial charge in [-0.25, -0.2) is 4.79 Å². The summed E-state index contributed by atoms with van der Waals surface area (Å²) in [5, 5.41) is 7.32. The molecule has 2 atom stereocenters. The molecule has 0 heterocycles. The second kappa shape index (κ2) is 6.31. The summed E-state index contributed by atoms with van der Waals surface area (Å²) in [4.78, 5) is 21.8. The van der Waals surface area contributed by atoms with Gasteiger partial charge >= 0.3 is 11.9 Å². The van der Waals surface area contributed by atoms with E-state index in [1.807, 2.05) is 0 Å². The van der Waals surface area contributed by atoms with Crippen molar-refractivity contribution in [3.05, 3.63) is 12.2 Å². The first kappa shape index (κ1) is 16.3. The topological polar surface area (TPSA) is 118 Å². The Bertz CT molecular complexity index is 427. The molecule has 0 amide bonds. The van der Waals surface area contributed by atoms with Crippen molar-refractivity contribution < 1.29 is 32.4 Å². The molecule has 0 saturated heterocycles. The summed E-state index contributed by atoms with van der Waals surface area (Å²) in [7, 11) is -4.29. The summed E-state index contributed by atoms with van der Waals surface area (Å²) < 4.78 is 33.2. The molecule has 0 radical (unpaired) electrons. The number of carbonyl (C=O) groups excluding carboxylic acids is 1. The van der Waals surface area contributed by atoms with E-state index in [9.17, 15) is 18.0 Å². The van der Waals surface area contributed by atoms with E-state index in [2.05, 4.69) is 11.3 Å². The van der Waals surface area contributed by atoms with Gasteiger partial charge in [0, 0.05) is 0 Å². The van der Waals surface area contributed by atoms with Crippen LogP contribution in [-0.4, -0.2) is 45.8 Å². The maximum absolute atomic E-state index is 11.3. The van der Waals surface area contributed by atoms with E-state index in [0.717, 1.165) is 6.92 Å². The van der Waals surface area contributed by atoms with Crippen LogP contribution in [0.1, 0.15) is 6.92 Å². The largest absolute Gasteiger partial charge is 0.480 e. The molecule has 0 aromatic heterocycles. The summed E-state index contributed by atoms with van der Waals surface area (Å²) in [5.74, 6) is -2.27. The third-order valence-corrected chi connectivity index (χ3v) is 4.18. The van der Waals surface area contributed by atoms with Crippen molar-refractivity contribution in [3.63, 3.8) is 0 Å². The Morgan fingerprint density at radius 1 is 1.47 bits per heavy atom. The number of hydrogen-bond acceptors (Lipinski definition) is 5. The summed E-state index contributed by atoms with van der Waals surface area (Å²) in [6.07, 6.45) is 0. The number of hydrogen-bond donors (Lipinski definition) is 2. The van der Waals surface area contributed by atoms with E-state index < -0.39 is 37.8 Å². The molecule has 9 heteroatoms. The molecule has 0 aliphatic heterocycles. The van der Waals surface area contributed by atoms with Gasteiger partial charge in [-0.15, -0.1) is 0 Å². The number of ether oxygens (including phenoxy) is 1. The Morgan fingerprint density at radius 3 is 2.29 bits per heavy atom. The number of aliphatic carboxylic acids is 1. The van der Waals surface area contributed by atoms with Gasteiger partial charge in [0.15, 0.2) is 0 Å². The summed E-state index contributed by atoms with van der Waals surface area (Å²) in [6, 6.07) is 0. The highest BCUT2D eigenvalue weighted by atomic mass is 127. The van der Waals surface area contributed by atoms with E-state index >= 15 is 0 Å². The minimum absolute atomic E-state index is 0.305. The van der Waals surface area contributed by atoms with Gasteiger partial charge in [-0.3, -0.25) is 9.35 Å². The van der Waals surface area contributed by atoms with Crippen LogP contribution in [0.25, 0.3) is 0 Å². The SMILES string of the molecule is C=C(C(=O)OCC(C)S(=O)(=O)O)C(I)C(=O)O. The van der Waals surface area contributed by atoms with Crippen molar-refractivity contribution in [3.8, 4) is 0 Å². The number of carboxylic acids is 1. The third-order valence-electron chi connectivity index (χ3n) is 1.74. The molecule has 0 aromatic carbocycles. The highest BCUT2D eigenvalue weighted by Crippen LogP contribution is 2.13. The predicted molar refractivity (Wildman–Crippen MR) is 66.6 cm³/mol. The van der Waals surface area contributed by atoms with Gasteiger partial charge in [0.05, 0.1) is 5.57 Å². The first-order chi connectivity index (χ1) is 7.57. The average Bonchev–Trinajstić information content (AvgIpc) is 2.21. The van der Waals surface area contributed by atoms with Gasteiger partial charge < -0.3 is 9.84 Å². The van der Waals surface area contributed by atoms with E-state index in [-0.39, 0.29) is 5.57 Å². The second-order valence-corrected chi connectivity index (χ2v) is 6.23. The number of carboxylic acid groups (broad SMARTS) is 1. The van der Waals surface area contributed by atoms with Crippen molar-refractivity contribution in [1.82, 2.24) is 0 Å². The second-order valence-electron chi connectivity index (χ2n) is 3.15. The summed E-state index contributed by atoms with van der Waals surface area (Å²) in [6.45, 7) is 3.81. The lowest BCUT2D eigenvalue weighted by Gasteiger charge is -2.11. The Hall–Kier alpha value is -0.680. The van der Waals surface area contributed by atoms with Crippen molar-refractivity contribution in [2.24, 2.45) is 0 Å². The quantitative estimate of drug-likeness (QED) is 0.224. The zero-order valence-electron chi connectivity index (χ0n) is 8.79. The highest BCUT2D eigenvalue weighted by Gasteiger charge is 2.25. The van der Waals surface area contributed by atoms with Gasteiger partial charge in [0.25, 0.3) is 10.1 Å². The molecule has 0 aliphatic rings. The fraction of sp³-hybridized carbons (Fsp3) is 0.500. The van der Waals surface area contributed by atoms with Crippen molar-refractivity contribution in [2.45, 2.75) is 16.1 Å². The Morgan fingerprint density at radius 2 is 1.94 bits per heavy atom. The number of alkyl halides is 1. The molecular formula is C8H11IO7S. The van der Waals surface area contributed by atoms with Crippen LogP contribution >= 0.6 is 22.6 Å². The van der Waals surface area contributed by atoms with E-state index in [0.29, 0.717) is 0 Å². The molecule has 0 aliphatic carbocycles. The van der Waals surface area contributed by atoms with Crippen LogP contribution in [0.3, 0.4) is 0 Å². The van der Waals surface area contributed by atoms with Gasteiger partial charge in [0.2, 0.25) is 0 Å². The monoisotopic (exact) mass is 378 g/mol. The number of halogens is 1. The maximum Gasteiger partial charge on any atom is 0.335 e. The minimum Gasteiger partial charge on any atom is -0.480 e. The standard InChI is InChI=1S/C8H11IO7S/c1-4(17(13,14)15)3-16-8(12)5(2)6(9)7(10)11/h4,6H,2-3H2,1H3,(H,10,11)(H,13,14,15). The van der Waals surface area contributed by atoms with Gasteiger partial charge in [-0.05, 0) is 6.92 Å². The number of rotatable bonds is 6. The van der Waals surface area contributed by atoms with E-state index in [4.69, 9.17) is 9.66 Å². The molecule has 0 saturated carbocycles. The van der Waals surface area contributed by atoms with Crippen LogP contribution in [0.2, 0.25) is 0 Å². The van der Waals surface area contributed by atoms with Crippen LogP contribution in [-0.2, 0) is 24.4 Å². The van der Waals surface area contributed by atoms with Crippen molar-refractivity contribution in [1.29, 1.82) is 0 Å². The number of carbonyl (C=O) groups is 2. The van der Waals surface area contributed by atoms with Crippen LogP contribution in [0, 0.1) is 0 Å².